The molecule has 2 aromatic rings. The van der Waals surface area contributed by atoms with Gasteiger partial charge in [-0.2, -0.15) is 0 Å². The van der Waals surface area contributed by atoms with Crippen LogP contribution in [0.5, 0.6) is 0 Å². The van der Waals surface area contributed by atoms with Crippen LogP contribution in [-0.2, 0) is 5.41 Å². The van der Waals surface area contributed by atoms with Crippen LogP contribution in [0.15, 0.2) is 54.6 Å². The summed E-state index contributed by atoms with van der Waals surface area (Å²) in [6.45, 7) is 4.83. The first kappa shape index (κ1) is 19.0. The molecule has 4 unspecified atom stereocenters. The first-order valence-corrected chi connectivity index (χ1v) is 12.4. The van der Waals surface area contributed by atoms with Crippen LogP contribution in [0, 0.1) is 9.49 Å². The fourth-order valence-electron chi connectivity index (χ4n) is 5.66. The van der Waals surface area contributed by atoms with Crippen molar-refractivity contribution in [3.8, 4) is 0 Å². The molecule has 2 aromatic carbocycles. The van der Waals surface area contributed by atoms with Crippen molar-refractivity contribution in [3.05, 3.63) is 80.4 Å². The molecular formula is C24H26I2. The van der Waals surface area contributed by atoms with Gasteiger partial charge in [-0.1, -0.05) is 85.3 Å². The first-order chi connectivity index (χ1) is 12.6. The van der Waals surface area contributed by atoms with Gasteiger partial charge >= 0.3 is 0 Å². The molecule has 0 saturated heterocycles. The van der Waals surface area contributed by atoms with Gasteiger partial charge < -0.3 is 0 Å². The van der Waals surface area contributed by atoms with E-state index in [1.807, 2.05) is 0 Å². The summed E-state index contributed by atoms with van der Waals surface area (Å²) < 4.78 is 2.45. The Balaban J connectivity index is 1.94. The maximum Gasteiger partial charge on any atom is 0.0249 e. The van der Waals surface area contributed by atoms with Crippen LogP contribution >= 0.6 is 45.2 Å². The summed E-state index contributed by atoms with van der Waals surface area (Å²) in [4.78, 5) is 0. The van der Waals surface area contributed by atoms with Crippen molar-refractivity contribution >= 4 is 45.2 Å². The highest BCUT2D eigenvalue weighted by atomic mass is 127. The molecule has 0 nitrogen and oxygen atoms in total. The zero-order chi connectivity index (χ0) is 18.3. The van der Waals surface area contributed by atoms with Gasteiger partial charge in [0.05, 0.1) is 0 Å². The van der Waals surface area contributed by atoms with E-state index < -0.39 is 0 Å². The zero-order valence-electron chi connectivity index (χ0n) is 15.5. The Morgan fingerprint density at radius 1 is 1.12 bits per heavy atom. The maximum absolute atomic E-state index is 2.50. The van der Waals surface area contributed by atoms with E-state index in [1.54, 1.807) is 22.3 Å². The van der Waals surface area contributed by atoms with Gasteiger partial charge in [0.25, 0.3) is 0 Å². The van der Waals surface area contributed by atoms with Gasteiger partial charge in [0, 0.05) is 19.3 Å². The molecule has 0 heterocycles. The van der Waals surface area contributed by atoms with Crippen molar-refractivity contribution in [1.82, 2.24) is 0 Å². The van der Waals surface area contributed by atoms with Crippen LogP contribution in [0.4, 0.5) is 0 Å². The average molecular weight is 568 g/mol. The molecule has 0 aromatic heterocycles. The molecule has 136 valence electrons. The Hall–Kier alpha value is -0.360. The highest BCUT2D eigenvalue weighted by molar-refractivity contribution is 14.1. The Labute approximate surface area is 185 Å². The molecule has 2 aliphatic carbocycles. The minimum atomic E-state index is 0.188. The SMILES string of the molecule is CCCC1CC2(c3ccccc31)c1cc(I)ccc1C(/C=C\CI)C2C. The van der Waals surface area contributed by atoms with E-state index in [0.29, 0.717) is 17.8 Å². The fourth-order valence-corrected chi connectivity index (χ4v) is 6.44. The summed E-state index contributed by atoms with van der Waals surface area (Å²) in [6.07, 6.45) is 8.68. The summed E-state index contributed by atoms with van der Waals surface area (Å²) >= 11 is 4.94. The number of halogens is 2. The minimum Gasteiger partial charge on any atom is -0.0819 e. The van der Waals surface area contributed by atoms with Gasteiger partial charge in [-0.05, 0) is 81.7 Å². The normalized spacial score (nSPS) is 29.5. The topological polar surface area (TPSA) is 0 Å². The molecule has 26 heavy (non-hydrogen) atoms. The van der Waals surface area contributed by atoms with E-state index in [-0.39, 0.29) is 5.41 Å². The van der Waals surface area contributed by atoms with Crippen LogP contribution in [0.3, 0.4) is 0 Å². The molecule has 0 amide bonds. The lowest BCUT2D eigenvalue weighted by atomic mass is 9.69. The van der Waals surface area contributed by atoms with Crippen molar-refractivity contribution in [2.24, 2.45) is 5.92 Å². The molecule has 2 heteroatoms. The van der Waals surface area contributed by atoms with Gasteiger partial charge in [-0.25, -0.2) is 0 Å². The minimum absolute atomic E-state index is 0.188. The van der Waals surface area contributed by atoms with Gasteiger partial charge in [0.1, 0.15) is 0 Å². The number of hydrogen-bond acceptors (Lipinski definition) is 0. The summed E-state index contributed by atoms with van der Waals surface area (Å²) in [7, 11) is 0. The molecule has 0 radical (unpaired) electrons. The lowest BCUT2D eigenvalue weighted by molar-refractivity contribution is 0.333. The molecule has 4 rings (SSSR count). The number of fused-ring (bicyclic) bond motifs is 4. The van der Waals surface area contributed by atoms with Crippen molar-refractivity contribution < 1.29 is 0 Å². The van der Waals surface area contributed by atoms with Crippen LogP contribution in [0.1, 0.15) is 67.2 Å². The summed E-state index contributed by atoms with van der Waals surface area (Å²) in [5.74, 6) is 1.85. The number of rotatable bonds is 4. The van der Waals surface area contributed by atoms with E-state index in [2.05, 4.69) is 114 Å². The van der Waals surface area contributed by atoms with Crippen LogP contribution < -0.4 is 0 Å². The number of alkyl halides is 1. The predicted molar refractivity (Wildman–Crippen MR) is 129 cm³/mol. The van der Waals surface area contributed by atoms with Crippen LogP contribution in [-0.4, -0.2) is 4.43 Å². The van der Waals surface area contributed by atoms with Gasteiger partial charge in [0.2, 0.25) is 0 Å². The number of hydrogen-bond donors (Lipinski definition) is 0. The second-order valence-corrected chi connectivity index (χ2v) is 10.0. The van der Waals surface area contributed by atoms with E-state index in [0.717, 1.165) is 4.43 Å². The zero-order valence-corrected chi connectivity index (χ0v) is 19.8. The highest BCUT2D eigenvalue weighted by Crippen LogP contribution is 2.63. The van der Waals surface area contributed by atoms with Gasteiger partial charge in [0.15, 0.2) is 0 Å². The Morgan fingerprint density at radius 2 is 1.92 bits per heavy atom. The molecule has 0 bridgehead atoms. The van der Waals surface area contributed by atoms with E-state index in [4.69, 9.17) is 0 Å². The van der Waals surface area contributed by atoms with Crippen molar-refractivity contribution in [1.29, 1.82) is 0 Å². The monoisotopic (exact) mass is 568 g/mol. The quantitative estimate of drug-likeness (QED) is 0.203. The Bertz CT molecular complexity index is 838. The third kappa shape index (κ3) is 2.81. The van der Waals surface area contributed by atoms with Crippen molar-refractivity contribution in [2.45, 2.75) is 50.4 Å². The molecule has 0 aliphatic heterocycles. The molecule has 1 spiro atoms. The number of benzene rings is 2. The average Bonchev–Trinajstić information content (AvgIpc) is 3.09. The van der Waals surface area contributed by atoms with E-state index >= 15 is 0 Å². The lowest BCUT2D eigenvalue weighted by Crippen LogP contribution is -2.30. The maximum atomic E-state index is 2.50. The van der Waals surface area contributed by atoms with Crippen molar-refractivity contribution in [3.63, 3.8) is 0 Å². The van der Waals surface area contributed by atoms with Crippen LogP contribution in [0.2, 0.25) is 0 Å². The molecule has 4 atom stereocenters. The third-order valence-electron chi connectivity index (χ3n) is 6.69. The Morgan fingerprint density at radius 3 is 2.69 bits per heavy atom. The van der Waals surface area contributed by atoms with Crippen molar-refractivity contribution in [2.75, 3.05) is 4.43 Å². The third-order valence-corrected chi connectivity index (χ3v) is 7.87. The highest BCUT2D eigenvalue weighted by Gasteiger charge is 2.55. The van der Waals surface area contributed by atoms with Gasteiger partial charge in [-0.15, -0.1) is 0 Å². The fraction of sp³-hybridized carbons (Fsp3) is 0.417. The lowest BCUT2D eigenvalue weighted by Gasteiger charge is -2.34. The Kier molecular flexibility index (Phi) is 5.53. The number of allylic oxidation sites excluding steroid dienone is 2. The molecular weight excluding hydrogens is 542 g/mol. The second kappa shape index (κ2) is 7.57. The second-order valence-electron chi connectivity index (χ2n) is 7.88. The standard InChI is InChI=1S/C24H26I2/c1-3-7-17-15-24(22-10-5-4-8-20(17)22)16(2)19(9-6-13-25)21-12-11-18(26)14-23(21)24/h4-6,8-12,14,16-17,19H,3,7,13,15H2,1-2H3/b9-6-. The van der Waals surface area contributed by atoms with Gasteiger partial charge in [-0.3, -0.25) is 0 Å². The molecule has 0 fully saturated rings. The summed E-state index contributed by atoms with van der Waals surface area (Å²) in [5, 5.41) is 0. The summed E-state index contributed by atoms with van der Waals surface area (Å²) in [6, 6.07) is 16.5. The summed E-state index contributed by atoms with van der Waals surface area (Å²) in [5.41, 5.74) is 6.58. The molecule has 2 aliphatic rings. The molecule has 0 N–H and O–H groups in total. The van der Waals surface area contributed by atoms with Crippen LogP contribution in [0.25, 0.3) is 0 Å². The predicted octanol–water partition coefficient (Wildman–Crippen LogP) is 7.59. The van der Waals surface area contributed by atoms with E-state index in [9.17, 15) is 0 Å². The smallest absolute Gasteiger partial charge is 0.0249 e. The molecule has 0 saturated carbocycles. The van der Waals surface area contributed by atoms with E-state index in [1.165, 1.54) is 22.8 Å². The largest absolute Gasteiger partial charge is 0.0819 e. The first-order valence-electron chi connectivity index (χ1n) is 9.75.